The van der Waals surface area contributed by atoms with Gasteiger partial charge in [-0.05, 0) is 52.0 Å². The molecule has 0 aromatic carbocycles. The number of imide groups is 1. The van der Waals surface area contributed by atoms with Gasteiger partial charge >= 0.3 is 0 Å². The van der Waals surface area contributed by atoms with E-state index in [0.717, 1.165) is 25.7 Å². The highest BCUT2D eigenvalue weighted by Gasteiger charge is 2.45. The summed E-state index contributed by atoms with van der Waals surface area (Å²) in [4.78, 5) is 37.4. The summed E-state index contributed by atoms with van der Waals surface area (Å²) in [5.41, 5.74) is 4.69. The van der Waals surface area contributed by atoms with Crippen LogP contribution in [0.4, 0.5) is 0 Å². The van der Waals surface area contributed by atoms with Crippen LogP contribution in [0.5, 0.6) is 0 Å². The third-order valence-electron chi connectivity index (χ3n) is 4.58. The number of piperazine rings is 1. The highest BCUT2D eigenvalue weighted by molar-refractivity contribution is 6.06. The zero-order chi connectivity index (χ0) is 14.9. The molecule has 1 aliphatic heterocycles. The van der Waals surface area contributed by atoms with E-state index < -0.39 is 17.4 Å². The number of nitrogens with one attached hydrogen (secondary N) is 1. The third-order valence-corrected chi connectivity index (χ3v) is 4.58. The molecule has 2 fully saturated rings. The summed E-state index contributed by atoms with van der Waals surface area (Å²) in [6, 6.07) is 0. The number of rotatable bonds is 2. The Hall–Kier alpha value is -1.43. The van der Waals surface area contributed by atoms with Crippen molar-refractivity contribution in [1.29, 1.82) is 0 Å². The summed E-state index contributed by atoms with van der Waals surface area (Å²) in [6.45, 7) is 3.99. The van der Waals surface area contributed by atoms with Crippen LogP contribution in [0.2, 0.25) is 0 Å². The first-order valence-corrected chi connectivity index (χ1v) is 7.22. The lowest BCUT2D eigenvalue weighted by molar-refractivity contribution is -0.158. The Bertz CT molecular complexity index is 425. The van der Waals surface area contributed by atoms with Gasteiger partial charge in [0.2, 0.25) is 11.8 Å². The maximum atomic E-state index is 12.6. The molecule has 1 heterocycles. The van der Waals surface area contributed by atoms with E-state index in [1.165, 1.54) is 4.90 Å². The molecule has 0 aromatic rings. The fourth-order valence-corrected chi connectivity index (χ4v) is 3.00. The topological polar surface area (TPSA) is 92.5 Å². The molecule has 0 radical (unpaired) electrons. The van der Waals surface area contributed by atoms with Gasteiger partial charge in [-0.25, -0.2) is 0 Å². The zero-order valence-electron chi connectivity index (χ0n) is 12.1. The minimum absolute atomic E-state index is 0.0333. The smallest absolute Gasteiger partial charge is 0.252 e. The second-order valence-electron chi connectivity index (χ2n) is 6.31. The molecule has 0 atom stereocenters. The molecule has 1 saturated carbocycles. The Morgan fingerprint density at radius 2 is 1.90 bits per heavy atom. The molecule has 1 saturated heterocycles. The van der Waals surface area contributed by atoms with Crippen LogP contribution in [-0.2, 0) is 14.4 Å². The van der Waals surface area contributed by atoms with Gasteiger partial charge in [-0.2, -0.15) is 0 Å². The average molecular weight is 281 g/mol. The predicted octanol–water partition coefficient (Wildman–Crippen LogP) is 0.0151. The minimum atomic E-state index is -0.963. The lowest BCUT2D eigenvalue weighted by atomic mass is 9.80. The number of carbonyl (C=O) groups is 3. The van der Waals surface area contributed by atoms with Crippen molar-refractivity contribution in [3.8, 4) is 0 Å². The molecule has 0 bridgehead atoms. The van der Waals surface area contributed by atoms with E-state index in [1.54, 1.807) is 13.8 Å². The first kappa shape index (κ1) is 15.0. The van der Waals surface area contributed by atoms with E-state index in [0.29, 0.717) is 12.5 Å². The van der Waals surface area contributed by atoms with Gasteiger partial charge in [-0.15, -0.1) is 0 Å². The fourth-order valence-electron chi connectivity index (χ4n) is 3.00. The molecule has 112 valence electrons. The average Bonchev–Trinajstić information content (AvgIpc) is 2.42. The highest BCUT2D eigenvalue weighted by Crippen LogP contribution is 2.31. The van der Waals surface area contributed by atoms with Crippen LogP contribution in [0.3, 0.4) is 0 Å². The molecular formula is C14H23N3O3. The summed E-state index contributed by atoms with van der Waals surface area (Å²) in [6.07, 6.45) is 3.48. The molecule has 0 unspecified atom stereocenters. The molecule has 20 heavy (non-hydrogen) atoms. The van der Waals surface area contributed by atoms with Crippen molar-refractivity contribution >= 4 is 17.7 Å². The van der Waals surface area contributed by atoms with Gasteiger partial charge in [-0.1, -0.05) is 0 Å². The lowest BCUT2D eigenvalue weighted by Crippen LogP contribution is -2.66. The first-order chi connectivity index (χ1) is 9.36. The van der Waals surface area contributed by atoms with Gasteiger partial charge in [0.05, 0.1) is 0 Å². The van der Waals surface area contributed by atoms with Gasteiger partial charge in [0.25, 0.3) is 5.91 Å². The van der Waals surface area contributed by atoms with Gasteiger partial charge < -0.3 is 10.6 Å². The molecule has 3 N–H and O–H groups in total. The highest BCUT2D eigenvalue weighted by atomic mass is 16.2. The molecule has 3 amide bonds. The van der Waals surface area contributed by atoms with Crippen LogP contribution in [0.15, 0.2) is 0 Å². The SMILES string of the molecule is CC1(C)C(=O)NC(=O)CN1C(=O)C1CCC(CN)CC1. The minimum Gasteiger partial charge on any atom is -0.330 e. The lowest BCUT2D eigenvalue weighted by Gasteiger charge is -2.42. The summed E-state index contributed by atoms with van der Waals surface area (Å²) in [7, 11) is 0. The number of amides is 3. The van der Waals surface area contributed by atoms with Crippen LogP contribution >= 0.6 is 0 Å². The normalized spacial score (nSPS) is 30.1. The largest absolute Gasteiger partial charge is 0.330 e. The molecule has 6 heteroatoms. The molecular weight excluding hydrogens is 258 g/mol. The van der Waals surface area contributed by atoms with Crippen molar-refractivity contribution in [3.63, 3.8) is 0 Å². The Balaban J connectivity index is 2.08. The Labute approximate surface area is 119 Å². The van der Waals surface area contributed by atoms with Crippen LogP contribution in [-0.4, -0.2) is 41.2 Å². The molecule has 0 aromatic heterocycles. The van der Waals surface area contributed by atoms with Crippen LogP contribution < -0.4 is 11.1 Å². The molecule has 1 aliphatic carbocycles. The second-order valence-corrected chi connectivity index (χ2v) is 6.31. The van der Waals surface area contributed by atoms with E-state index >= 15 is 0 Å². The Kier molecular flexibility index (Phi) is 4.13. The molecule has 2 aliphatic rings. The summed E-state index contributed by atoms with van der Waals surface area (Å²) in [5, 5.41) is 2.29. The van der Waals surface area contributed by atoms with Crippen LogP contribution in [0, 0.1) is 11.8 Å². The van der Waals surface area contributed by atoms with Crippen LogP contribution in [0.25, 0.3) is 0 Å². The van der Waals surface area contributed by atoms with E-state index in [1.807, 2.05) is 0 Å². The van der Waals surface area contributed by atoms with Crippen molar-refractivity contribution < 1.29 is 14.4 Å². The van der Waals surface area contributed by atoms with E-state index in [9.17, 15) is 14.4 Å². The monoisotopic (exact) mass is 281 g/mol. The number of nitrogens with two attached hydrogens (primary N) is 1. The van der Waals surface area contributed by atoms with Gasteiger partial charge in [0.15, 0.2) is 0 Å². The summed E-state index contributed by atoms with van der Waals surface area (Å²) in [5.74, 6) is -0.473. The third kappa shape index (κ3) is 2.70. The van der Waals surface area contributed by atoms with Crippen molar-refractivity contribution in [3.05, 3.63) is 0 Å². The van der Waals surface area contributed by atoms with Gasteiger partial charge in [-0.3, -0.25) is 19.7 Å². The molecule has 2 rings (SSSR count). The maximum absolute atomic E-state index is 12.6. The van der Waals surface area contributed by atoms with Crippen molar-refractivity contribution in [1.82, 2.24) is 10.2 Å². The van der Waals surface area contributed by atoms with E-state index in [-0.39, 0.29) is 18.4 Å². The number of hydrogen-bond acceptors (Lipinski definition) is 4. The number of carbonyl (C=O) groups excluding carboxylic acids is 3. The quantitative estimate of drug-likeness (QED) is 0.698. The van der Waals surface area contributed by atoms with Crippen molar-refractivity contribution in [2.45, 2.75) is 45.1 Å². The van der Waals surface area contributed by atoms with Gasteiger partial charge in [0.1, 0.15) is 12.1 Å². The molecule has 0 spiro atoms. The van der Waals surface area contributed by atoms with Crippen molar-refractivity contribution in [2.24, 2.45) is 17.6 Å². The Morgan fingerprint density at radius 3 is 2.45 bits per heavy atom. The Morgan fingerprint density at radius 1 is 1.30 bits per heavy atom. The number of hydrogen-bond donors (Lipinski definition) is 2. The predicted molar refractivity (Wildman–Crippen MR) is 73.4 cm³/mol. The zero-order valence-corrected chi connectivity index (χ0v) is 12.1. The number of nitrogens with zero attached hydrogens (tertiary/aromatic N) is 1. The van der Waals surface area contributed by atoms with Crippen molar-refractivity contribution in [2.75, 3.05) is 13.1 Å². The maximum Gasteiger partial charge on any atom is 0.252 e. The van der Waals surface area contributed by atoms with Gasteiger partial charge in [0, 0.05) is 5.92 Å². The second kappa shape index (κ2) is 5.52. The van der Waals surface area contributed by atoms with E-state index in [4.69, 9.17) is 5.73 Å². The van der Waals surface area contributed by atoms with E-state index in [2.05, 4.69) is 5.32 Å². The summed E-state index contributed by atoms with van der Waals surface area (Å²) < 4.78 is 0. The van der Waals surface area contributed by atoms with Crippen LogP contribution in [0.1, 0.15) is 39.5 Å². The summed E-state index contributed by atoms with van der Waals surface area (Å²) >= 11 is 0. The first-order valence-electron chi connectivity index (χ1n) is 7.22. The molecule has 6 nitrogen and oxygen atoms in total. The standard InChI is InChI=1S/C14H23N3O3/c1-14(2)13(20)16-11(18)8-17(14)12(19)10-5-3-9(7-15)4-6-10/h9-10H,3-8,15H2,1-2H3,(H,16,18,20). The fraction of sp³-hybridized carbons (Fsp3) is 0.786.